The fraction of sp³-hybridized carbons (Fsp3) is 0.632. The zero-order valence-electron chi connectivity index (χ0n) is 16.0. The molecule has 0 fully saturated rings. The van der Waals surface area contributed by atoms with Crippen LogP contribution in [-0.4, -0.2) is 30.4 Å². The summed E-state index contributed by atoms with van der Waals surface area (Å²) in [6.45, 7) is 14.8. The van der Waals surface area contributed by atoms with Crippen LogP contribution in [0.25, 0.3) is 0 Å². The van der Waals surface area contributed by atoms with Gasteiger partial charge in [0.1, 0.15) is 11.4 Å². The highest BCUT2D eigenvalue weighted by molar-refractivity contribution is 5.68. The molecule has 0 saturated heterocycles. The first-order valence-corrected chi connectivity index (χ1v) is 8.50. The zero-order valence-corrected chi connectivity index (χ0v) is 16.0. The molecule has 2 N–H and O–H groups in total. The molecule has 1 aromatic carbocycles. The molecule has 0 aliphatic rings. The van der Waals surface area contributed by atoms with Crippen molar-refractivity contribution in [1.82, 2.24) is 10.6 Å². The lowest BCUT2D eigenvalue weighted by atomic mass is 10.0. The van der Waals surface area contributed by atoms with Gasteiger partial charge in [0, 0.05) is 18.2 Å². The minimum atomic E-state index is -0.503. The van der Waals surface area contributed by atoms with Crippen LogP contribution < -0.4 is 15.4 Å². The number of alkyl carbamates (subject to hydrolysis) is 1. The second-order valence-electron chi connectivity index (χ2n) is 7.58. The van der Waals surface area contributed by atoms with Gasteiger partial charge in [0.05, 0.1) is 12.1 Å². The maximum absolute atomic E-state index is 11.9. The fourth-order valence-electron chi connectivity index (χ4n) is 2.27. The number of nitrogens with one attached hydrogen (secondary N) is 2. The van der Waals surface area contributed by atoms with Crippen molar-refractivity contribution in [2.75, 3.05) is 13.2 Å². The van der Waals surface area contributed by atoms with Crippen molar-refractivity contribution >= 4 is 6.09 Å². The summed E-state index contributed by atoms with van der Waals surface area (Å²) in [6, 6.07) is 8.10. The summed E-state index contributed by atoms with van der Waals surface area (Å²) < 4.78 is 11.0. The molecule has 1 unspecified atom stereocenters. The lowest BCUT2D eigenvalue weighted by Crippen LogP contribution is -2.51. The molecule has 1 atom stereocenters. The third-order valence-corrected chi connectivity index (χ3v) is 3.37. The van der Waals surface area contributed by atoms with E-state index < -0.39 is 17.2 Å². The number of hydrogen-bond acceptors (Lipinski definition) is 4. The van der Waals surface area contributed by atoms with Crippen LogP contribution in [0.5, 0.6) is 5.75 Å². The maximum Gasteiger partial charge on any atom is 0.408 e. The van der Waals surface area contributed by atoms with Gasteiger partial charge >= 0.3 is 6.09 Å². The van der Waals surface area contributed by atoms with Gasteiger partial charge in [-0.3, -0.25) is 0 Å². The maximum atomic E-state index is 11.9. The molecule has 136 valence electrons. The molecule has 1 aromatic rings. The second kappa shape index (κ2) is 8.38. The molecule has 5 heteroatoms. The fourth-order valence-corrected chi connectivity index (χ4v) is 2.27. The standard InChI is InChI=1S/C19H32N2O3/c1-8-23-16-12-10-9-11-15(16)14(2)20-13-19(6,7)21-17(22)24-18(3,4)5/h9-12,14,20H,8,13H2,1-7H3,(H,21,22). The average Bonchev–Trinajstić information content (AvgIpc) is 2.43. The van der Waals surface area contributed by atoms with Gasteiger partial charge in [-0.15, -0.1) is 0 Å². The SMILES string of the molecule is CCOc1ccccc1C(C)NCC(C)(C)NC(=O)OC(C)(C)C. The van der Waals surface area contributed by atoms with Crippen molar-refractivity contribution in [3.8, 4) is 5.75 Å². The van der Waals surface area contributed by atoms with Gasteiger partial charge < -0.3 is 20.1 Å². The lowest BCUT2D eigenvalue weighted by molar-refractivity contribution is 0.0471. The number of para-hydroxylation sites is 1. The van der Waals surface area contributed by atoms with E-state index in [2.05, 4.69) is 23.6 Å². The summed E-state index contributed by atoms with van der Waals surface area (Å²) in [4.78, 5) is 11.9. The normalized spacial score (nSPS) is 13.3. The molecular formula is C19H32N2O3. The number of carbonyl (C=O) groups is 1. The van der Waals surface area contributed by atoms with Crippen LogP contribution in [0.3, 0.4) is 0 Å². The second-order valence-corrected chi connectivity index (χ2v) is 7.58. The van der Waals surface area contributed by atoms with Crippen molar-refractivity contribution in [2.45, 2.75) is 65.6 Å². The third-order valence-electron chi connectivity index (χ3n) is 3.37. The van der Waals surface area contributed by atoms with Gasteiger partial charge in [0.25, 0.3) is 0 Å². The molecule has 0 aliphatic heterocycles. The number of amides is 1. The van der Waals surface area contributed by atoms with Crippen LogP contribution in [0.15, 0.2) is 24.3 Å². The summed E-state index contributed by atoms with van der Waals surface area (Å²) in [7, 11) is 0. The molecule has 0 saturated carbocycles. The third kappa shape index (κ3) is 7.21. The zero-order chi connectivity index (χ0) is 18.4. The van der Waals surface area contributed by atoms with Crippen molar-refractivity contribution in [3.63, 3.8) is 0 Å². The number of carbonyl (C=O) groups excluding carboxylic acids is 1. The first-order valence-electron chi connectivity index (χ1n) is 8.50. The molecule has 0 radical (unpaired) electrons. The Labute approximate surface area is 146 Å². The number of hydrogen-bond donors (Lipinski definition) is 2. The predicted octanol–water partition coefficient (Wildman–Crippen LogP) is 4.04. The summed E-state index contributed by atoms with van der Waals surface area (Å²) in [5.74, 6) is 0.887. The molecule has 0 aliphatic carbocycles. The Hall–Kier alpha value is -1.75. The van der Waals surface area contributed by atoms with Crippen molar-refractivity contribution in [3.05, 3.63) is 29.8 Å². The van der Waals surface area contributed by atoms with E-state index in [0.29, 0.717) is 13.2 Å². The molecule has 1 amide bonds. The highest BCUT2D eigenvalue weighted by atomic mass is 16.6. The van der Waals surface area contributed by atoms with Gasteiger partial charge in [0.15, 0.2) is 0 Å². The minimum Gasteiger partial charge on any atom is -0.494 e. The smallest absolute Gasteiger partial charge is 0.408 e. The molecular weight excluding hydrogens is 304 g/mol. The Bertz CT molecular complexity index is 536. The monoisotopic (exact) mass is 336 g/mol. The quantitative estimate of drug-likeness (QED) is 0.789. The van der Waals surface area contributed by atoms with E-state index in [1.54, 1.807) is 0 Å². The van der Waals surface area contributed by atoms with Gasteiger partial charge in [-0.2, -0.15) is 0 Å². The Balaban J connectivity index is 2.62. The van der Waals surface area contributed by atoms with Crippen molar-refractivity contribution in [1.29, 1.82) is 0 Å². The van der Waals surface area contributed by atoms with Gasteiger partial charge in [-0.05, 0) is 54.5 Å². The van der Waals surface area contributed by atoms with Gasteiger partial charge in [0.2, 0.25) is 0 Å². The van der Waals surface area contributed by atoms with E-state index in [0.717, 1.165) is 11.3 Å². The van der Waals surface area contributed by atoms with Crippen LogP contribution in [0.2, 0.25) is 0 Å². The first-order chi connectivity index (χ1) is 11.0. The number of rotatable bonds is 7. The largest absolute Gasteiger partial charge is 0.494 e. The van der Waals surface area contributed by atoms with Crippen molar-refractivity contribution in [2.24, 2.45) is 0 Å². The van der Waals surface area contributed by atoms with Gasteiger partial charge in [-0.25, -0.2) is 4.79 Å². The highest BCUT2D eigenvalue weighted by Gasteiger charge is 2.25. The Morgan fingerprint density at radius 2 is 1.79 bits per heavy atom. The Morgan fingerprint density at radius 1 is 1.17 bits per heavy atom. The number of benzene rings is 1. The molecule has 0 heterocycles. The highest BCUT2D eigenvalue weighted by Crippen LogP contribution is 2.25. The summed E-state index contributed by atoms with van der Waals surface area (Å²) >= 11 is 0. The molecule has 0 bridgehead atoms. The lowest BCUT2D eigenvalue weighted by Gasteiger charge is -2.30. The molecule has 24 heavy (non-hydrogen) atoms. The predicted molar refractivity (Wildman–Crippen MR) is 97.5 cm³/mol. The Morgan fingerprint density at radius 3 is 2.38 bits per heavy atom. The van der Waals surface area contributed by atoms with E-state index in [9.17, 15) is 4.79 Å². The van der Waals surface area contributed by atoms with E-state index in [1.165, 1.54) is 0 Å². The Kier molecular flexibility index (Phi) is 7.08. The van der Waals surface area contributed by atoms with Gasteiger partial charge in [-0.1, -0.05) is 18.2 Å². The van der Waals surface area contributed by atoms with E-state index >= 15 is 0 Å². The van der Waals surface area contributed by atoms with Crippen LogP contribution in [0, 0.1) is 0 Å². The van der Waals surface area contributed by atoms with Crippen molar-refractivity contribution < 1.29 is 14.3 Å². The van der Waals surface area contributed by atoms with E-state index in [1.807, 2.05) is 59.7 Å². The van der Waals surface area contributed by atoms with E-state index in [4.69, 9.17) is 9.47 Å². The van der Waals surface area contributed by atoms with Crippen LogP contribution in [0.1, 0.15) is 60.1 Å². The minimum absolute atomic E-state index is 0.104. The molecule has 1 rings (SSSR count). The number of ether oxygens (including phenoxy) is 2. The van der Waals surface area contributed by atoms with E-state index in [-0.39, 0.29) is 6.04 Å². The summed E-state index contributed by atoms with van der Waals surface area (Å²) in [5.41, 5.74) is 0.168. The summed E-state index contributed by atoms with van der Waals surface area (Å²) in [6.07, 6.45) is -0.406. The summed E-state index contributed by atoms with van der Waals surface area (Å²) in [5, 5.41) is 6.36. The average molecular weight is 336 g/mol. The topological polar surface area (TPSA) is 59.6 Å². The molecule has 0 spiro atoms. The van der Waals surface area contributed by atoms with Crippen LogP contribution >= 0.6 is 0 Å². The van der Waals surface area contributed by atoms with Crippen LogP contribution in [-0.2, 0) is 4.74 Å². The van der Waals surface area contributed by atoms with Crippen LogP contribution in [0.4, 0.5) is 4.79 Å². The molecule has 0 aromatic heterocycles. The first kappa shape index (κ1) is 20.3. The molecule has 5 nitrogen and oxygen atoms in total.